The van der Waals surface area contributed by atoms with Crippen molar-refractivity contribution in [1.29, 1.82) is 0 Å². The number of benzene rings is 1. The number of nitrogens with one attached hydrogen (secondary N) is 1. The Kier molecular flexibility index (Phi) is 4.90. The lowest BCUT2D eigenvalue weighted by Crippen LogP contribution is -2.32. The van der Waals surface area contributed by atoms with Crippen molar-refractivity contribution in [3.05, 3.63) is 22.4 Å². The third-order valence-electron chi connectivity index (χ3n) is 2.02. The number of halogens is 2. The zero-order valence-electron chi connectivity index (χ0n) is 9.43. The van der Waals surface area contributed by atoms with Crippen molar-refractivity contribution in [3.63, 3.8) is 0 Å². The number of nitrogen functional groups attached to an aromatic ring is 1. The maximum absolute atomic E-state index is 13.5. The molecule has 11 heteroatoms. The summed E-state index contributed by atoms with van der Waals surface area (Å²) in [7, 11) is -8.01. The second kappa shape index (κ2) is 5.71. The van der Waals surface area contributed by atoms with Crippen LogP contribution in [0.25, 0.3) is 0 Å². The van der Waals surface area contributed by atoms with E-state index in [2.05, 4.69) is 15.9 Å². The zero-order valence-corrected chi connectivity index (χ0v) is 12.6. The number of hydrogen-bond donors (Lipinski definition) is 3. The highest BCUT2D eigenvalue weighted by atomic mass is 79.9. The quantitative estimate of drug-likeness (QED) is 0.609. The number of hydrogen-bond acceptors (Lipinski definition) is 5. The second-order valence-electron chi connectivity index (χ2n) is 3.57. The summed E-state index contributed by atoms with van der Waals surface area (Å²) in [6, 6.07) is 1.84. The predicted molar refractivity (Wildman–Crippen MR) is 71.7 cm³/mol. The van der Waals surface area contributed by atoms with Gasteiger partial charge in [0.1, 0.15) is 10.7 Å². The lowest BCUT2D eigenvalue weighted by atomic mass is 10.3. The monoisotopic (exact) mass is 375 g/mol. The van der Waals surface area contributed by atoms with Gasteiger partial charge in [-0.2, -0.15) is 0 Å². The zero-order chi connectivity index (χ0) is 14.8. The van der Waals surface area contributed by atoms with Crippen molar-refractivity contribution < 1.29 is 21.2 Å². The summed E-state index contributed by atoms with van der Waals surface area (Å²) >= 11 is 2.95. The Balaban J connectivity index is 2.98. The van der Waals surface area contributed by atoms with Gasteiger partial charge >= 0.3 is 0 Å². The van der Waals surface area contributed by atoms with Crippen molar-refractivity contribution in [2.45, 2.75) is 4.90 Å². The third-order valence-corrected chi connectivity index (χ3v) is 4.96. The van der Waals surface area contributed by atoms with Gasteiger partial charge in [-0.05, 0) is 28.1 Å². The average molecular weight is 376 g/mol. The summed E-state index contributed by atoms with van der Waals surface area (Å²) in [6.45, 7) is -0.462. The van der Waals surface area contributed by atoms with E-state index < -0.39 is 43.1 Å². The molecule has 0 radical (unpaired) electrons. The maximum Gasteiger partial charge on any atom is 0.243 e. The first-order valence-electron chi connectivity index (χ1n) is 4.77. The Morgan fingerprint density at radius 2 is 1.84 bits per heavy atom. The van der Waals surface area contributed by atoms with Crippen LogP contribution in [0.1, 0.15) is 0 Å². The van der Waals surface area contributed by atoms with Gasteiger partial charge < -0.3 is 5.73 Å². The fourth-order valence-electron chi connectivity index (χ4n) is 1.15. The van der Waals surface area contributed by atoms with Gasteiger partial charge in [0.2, 0.25) is 20.0 Å². The summed E-state index contributed by atoms with van der Waals surface area (Å²) in [6.07, 6.45) is 0. The van der Waals surface area contributed by atoms with Crippen LogP contribution in [0.2, 0.25) is 0 Å². The number of sulfonamides is 2. The SMILES string of the molecule is Nc1cc(S(=O)(=O)NCCS(N)(=O)=O)c(F)cc1Br. The van der Waals surface area contributed by atoms with E-state index in [1.807, 2.05) is 4.72 Å². The van der Waals surface area contributed by atoms with E-state index in [0.717, 1.165) is 12.1 Å². The number of rotatable bonds is 5. The van der Waals surface area contributed by atoms with Gasteiger partial charge in [0, 0.05) is 16.7 Å². The van der Waals surface area contributed by atoms with Crippen LogP contribution >= 0.6 is 15.9 Å². The van der Waals surface area contributed by atoms with Gasteiger partial charge in [-0.15, -0.1) is 0 Å². The molecule has 1 aromatic carbocycles. The average Bonchev–Trinajstić information content (AvgIpc) is 2.20. The molecule has 0 aliphatic rings. The predicted octanol–water partition coefficient (Wildman–Crippen LogP) is -0.263. The molecule has 0 fully saturated rings. The van der Waals surface area contributed by atoms with Gasteiger partial charge in [0.25, 0.3) is 0 Å². The first-order chi connectivity index (χ1) is 8.53. The molecule has 0 atom stereocenters. The molecule has 0 saturated heterocycles. The largest absolute Gasteiger partial charge is 0.398 e. The molecule has 0 aliphatic carbocycles. The molecule has 0 unspecified atom stereocenters. The van der Waals surface area contributed by atoms with Crippen molar-refractivity contribution in [2.75, 3.05) is 18.0 Å². The summed E-state index contributed by atoms with van der Waals surface area (Å²) in [5.74, 6) is -1.61. The molecule has 0 saturated carbocycles. The summed E-state index contributed by atoms with van der Waals surface area (Å²) in [4.78, 5) is -0.664. The molecule has 0 amide bonds. The van der Waals surface area contributed by atoms with Gasteiger partial charge in [0.15, 0.2) is 0 Å². The Bertz CT molecular complexity index is 690. The van der Waals surface area contributed by atoms with Crippen LogP contribution in [0.15, 0.2) is 21.5 Å². The molecular weight excluding hydrogens is 365 g/mol. The number of nitrogens with two attached hydrogens (primary N) is 2. The highest BCUT2D eigenvalue weighted by molar-refractivity contribution is 9.10. The highest BCUT2D eigenvalue weighted by Crippen LogP contribution is 2.25. The Morgan fingerprint density at radius 1 is 1.26 bits per heavy atom. The molecule has 5 N–H and O–H groups in total. The first-order valence-corrected chi connectivity index (χ1v) is 8.77. The minimum Gasteiger partial charge on any atom is -0.398 e. The minimum absolute atomic E-state index is 0.0354. The number of anilines is 1. The van der Waals surface area contributed by atoms with Crippen LogP contribution in [0.4, 0.5) is 10.1 Å². The van der Waals surface area contributed by atoms with Crippen molar-refractivity contribution in [3.8, 4) is 0 Å². The van der Waals surface area contributed by atoms with Gasteiger partial charge in [-0.1, -0.05) is 0 Å². The van der Waals surface area contributed by atoms with Gasteiger partial charge in [0.05, 0.1) is 5.75 Å². The van der Waals surface area contributed by atoms with Crippen molar-refractivity contribution in [1.82, 2.24) is 4.72 Å². The topological polar surface area (TPSA) is 132 Å². The van der Waals surface area contributed by atoms with Crippen LogP contribution in [-0.4, -0.2) is 29.1 Å². The van der Waals surface area contributed by atoms with Crippen LogP contribution in [0.3, 0.4) is 0 Å². The second-order valence-corrected chi connectivity index (χ2v) is 7.89. The van der Waals surface area contributed by atoms with E-state index in [-0.39, 0.29) is 10.2 Å². The Hall–Kier alpha value is -0.750. The molecule has 19 heavy (non-hydrogen) atoms. The lowest BCUT2D eigenvalue weighted by Gasteiger charge is -2.09. The highest BCUT2D eigenvalue weighted by Gasteiger charge is 2.20. The molecule has 0 spiro atoms. The van der Waals surface area contributed by atoms with Gasteiger partial charge in [-0.3, -0.25) is 0 Å². The molecule has 1 rings (SSSR count). The van der Waals surface area contributed by atoms with E-state index >= 15 is 0 Å². The normalized spacial score (nSPS) is 12.6. The molecule has 0 aliphatic heterocycles. The minimum atomic E-state index is -4.20. The van der Waals surface area contributed by atoms with Crippen molar-refractivity contribution >= 4 is 41.7 Å². The molecule has 0 aromatic heterocycles. The molecule has 0 heterocycles. The van der Waals surface area contributed by atoms with Crippen molar-refractivity contribution in [2.24, 2.45) is 5.14 Å². The van der Waals surface area contributed by atoms with Crippen LogP contribution in [0.5, 0.6) is 0 Å². The lowest BCUT2D eigenvalue weighted by molar-refractivity contribution is 0.558. The summed E-state index contributed by atoms with van der Waals surface area (Å²) in [5, 5.41) is 4.71. The van der Waals surface area contributed by atoms with E-state index in [4.69, 9.17) is 10.9 Å². The van der Waals surface area contributed by atoms with Crippen LogP contribution < -0.4 is 15.6 Å². The van der Waals surface area contributed by atoms with E-state index in [1.165, 1.54) is 0 Å². The van der Waals surface area contributed by atoms with E-state index in [0.29, 0.717) is 0 Å². The Morgan fingerprint density at radius 3 is 2.37 bits per heavy atom. The molecule has 1 aromatic rings. The fourth-order valence-corrected chi connectivity index (χ4v) is 3.10. The smallest absolute Gasteiger partial charge is 0.243 e. The first kappa shape index (κ1) is 16.3. The van der Waals surface area contributed by atoms with E-state index in [9.17, 15) is 21.2 Å². The van der Waals surface area contributed by atoms with Crippen LogP contribution in [-0.2, 0) is 20.0 Å². The fraction of sp³-hybridized carbons (Fsp3) is 0.250. The third kappa shape index (κ3) is 4.69. The Labute approximate surface area is 118 Å². The molecular formula is C8H11BrFN3O4S2. The molecule has 7 nitrogen and oxygen atoms in total. The van der Waals surface area contributed by atoms with Gasteiger partial charge in [-0.25, -0.2) is 31.1 Å². The summed E-state index contributed by atoms with van der Waals surface area (Å²) in [5.41, 5.74) is 5.50. The van der Waals surface area contributed by atoms with E-state index in [1.54, 1.807) is 0 Å². The number of primary sulfonamides is 1. The standard InChI is InChI=1S/C8H11BrFN3O4S2/c9-5-3-6(10)8(4-7(5)11)19(16,17)13-1-2-18(12,14)15/h3-4,13H,1-2,11H2,(H2,12,14,15). The van der Waals surface area contributed by atoms with Crippen LogP contribution in [0, 0.1) is 5.82 Å². The maximum atomic E-state index is 13.5. The molecule has 0 bridgehead atoms. The molecule has 108 valence electrons. The summed E-state index contributed by atoms with van der Waals surface area (Å²) < 4.78 is 60.5.